The molecule has 0 saturated carbocycles. The maximum absolute atomic E-state index is 12.7. The van der Waals surface area contributed by atoms with Gasteiger partial charge in [-0.05, 0) is 25.0 Å². The molecule has 2 saturated heterocycles. The van der Waals surface area contributed by atoms with Gasteiger partial charge in [-0.3, -0.25) is 4.79 Å². The number of pyridine rings is 1. The summed E-state index contributed by atoms with van der Waals surface area (Å²) in [6.07, 6.45) is 3.75. The molecule has 2 atom stereocenters. The molecular formula is C19H27N5O3. The molecule has 0 spiro atoms. The van der Waals surface area contributed by atoms with Crippen LogP contribution in [-0.2, 0) is 14.3 Å². The van der Waals surface area contributed by atoms with Crippen molar-refractivity contribution in [3.8, 4) is 6.07 Å². The van der Waals surface area contributed by atoms with Crippen molar-refractivity contribution in [2.24, 2.45) is 5.73 Å². The van der Waals surface area contributed by atoms with Crippen molar-refractivity contribution < 1.29 is 14.3 Å². The highest BCUT2D eigenvalue weighted by Crippen LogP contribution is 2.26. The standard InChI is InChI=1S/C19H27N5O3/c1-26-12-15(21)13-27-17-6-9-24(19(17)25)16-4-7-23(8-5-16)18-3-2-14(10-20)11-22-18/h2-3,11,15-17H,4-9,12-13,21H2,1H3/t15-,17?/m0/s1. The SMILES string of the molecule is COC[C@H](N)COC1CCN(C2CCN(c3ccc(C#N)cn3)CC2)C1=O. The molecule has 0 radical (unpaired) electrons. The number of carbonyl (C=O) groups is 1. The topological polar surface area (TPSA) is 105 Å². The first-order valence-corrected chi connectivity index (χ1v) is 9.40. The Balaban J connectivity index is 1.48. The van der Waals surface area contributed by atoms with Crippen LogP contribution in [0.4, 0.5) is 5.82 Å². The lowest BCUT2D eigenvalue weighted by molar-refractivity contribution is -0.139. The third-order valence-electron chi connectivity index (χ3n) is 5.19. The van der Waals surface area contributed by atoms with Crippen LogP contribution in [0.15, 0.2) is 18.3 Å². The Kier molecular flexibility index (Phi) is 6.61. The molecule has 1 aromatic heterocycles. The fourth-order valence-electron chi connectivity index (χ4n) is 3.74. The van der Waals surface area contributed by atoms with E-state index < -0.39 is 0 Å². The Morgan fingerprint density at radius 3 is 2.70 bits per heavy atom. The van der Waals surface area contributed by atoms with Crippen LogP contribution in [0, 0.1) is 11.3 Å². The van der Waals surface area contributed by atoms with Gasteiger partial charge in [-0.25, -0.2) is 4.98 Å². The van der Waals surface area contributed by atoms with Crippen molar-refractivity contribution >= 4 is 11.7 Å². The highest BCUT2D eigenvalue weighted by Gasteiger charge is 2.38. The number of nitrogens with two attached hydrogens (primary N) is 1. The summed E-state index contributed by atoms with van der Waals surface area (Å²) in [5.74, 6) is 0.961. The number of nitrogens with zero attached hydrogens (tertiary/aromatic N) is 4. The van der Waals surface area contributed by atoms with Crippen LogP contribution in [0.25, 0.3) is 0 Å². The number of carbonyl (C=O) groups excluding carboxylic acids is 1. The average molecular weight is 373 g/mol. The number of amides is 1. The quantitative estimate of drug-likeness (QED) is 0.742. The Morgan fingerprint density at radius 1 is 1.30 bits per heavy atom. The van der Waals surface area contributed by atoms with Crippen LogP contribution in [0.5, 0.6) is 0 Å². The number of hydrogen-bond donors (Lipinski definition) is 1. The molecule has 0 bridgehead atoms. The van der Waals surface area contributed by atoms with Crippen molar-refractivity contribution in [1.29, 1.82) is 5.26 Å². The van der Waals surface area contributed by atoms with E-state index in [9.17, 15) is 4.79 Å². The van der Waals surface area contributed by atoms with Gasteiger partial charge in [0.25, 0.3) is 5.91 Å². The molecular weight excluding hydrogens is 346 g/mol. The molecule has 0 aliphatic carbocycles. The van der Waals surface area contributed by atoms with Gasteiger partial charge in [0.05, 0.1) is 24.8 Å². The van der Waals surface area contributed by atoms with Crippen molar-refractivity contribution in [1.82, 2.24) is 9.88 Å². The Bertz CT molecular complexity index is 667. The zero-order chi connectivity index (χ0) is 19.2. The largest absolute Gasteiger partial charge is 0.383 e. The van der Waals surface area contributed by atoms with Crippen LogP contribution in [0.1, 0.15) is 24.8 Å². The van der Waals surface area contributed by atoms with E-state index in [1.807, 2.05) is 11.0 Å². The van der Waals surface area contributed by atoms with E-state index in [2.05, 4.69) is 16.0 Å². The van der Waals surface area contributed by atoms with E-state index >= 15 is 0 Å². The lowest BCUT2D eigenvalue weighted by Gasteiger charge is -2.37. The van der Waals surface area contributed by atoms with Gasteiger partial charge in [0.1, 0.15) is 18.0 Å². The highest BCUT2D eigenvalue weighted by molar-refractivity contribution is 5.83. The first kappa shape index (κ1) is 19.5. The zero-order valence-electron chi connectivity index (χ0n) is 15.7. The molecule has 2 fully saturated rings. The van der Waals surface area contributed by atoms with E-state index in [0.717, 1.165) is 44.7 Å². The fraction of sp³-hybridized carbons (Fsp3) is 0.632. The summed E-state index contributed by atoms with van der Waals surface area (Å²) in [4.78, 5) is 21.2. The van der Waals surface area contributed by atoms with Crippen LogP contribution < -0.4 is 10.6 Å². The van der Waals surface area contributed by atoms with Gasteiger partial charge in [-0.15, -0.1) is 0 Å². The molecule has 1 amide bonds. The van der Waals surface area contributed by atoms with Crippen molar-refractivity contribution in [2.75, 3.05) is 44.9 Å². The van der Waals surface area contributed by atoms with Gasteiger partial charge in [0, 0.05) is 45.4 Å². The second-order valence-electron chi connectivity index (χ2n) is 7.09. The molecule has 2 aliphatic heterocycles. The highest BCUT2D eigenvalue weighted by atomic mass is 16.5. The molecule has 27 heavy (non-hydrogen) atoms. The molecule has 3 heterocycles. The third-order valence-corrected chi connectivity index (χ3v) is 5.19. The first-order chi connectivity index (χ1) is 13.1. The second kappa shape index (κ2) is 9.13. The number of ether oxygens (including phenoxy) is 2. The lowest BCUT2D eigenvalue weighted by atomic mass is 10.0. The summed E-state index contributed by atoms with van der Waals surface area (Å²) in [5, 5.41) is 8.87. The molecule has 1 unspecified atom stereocenters. The van der Waals surface area contributed by atoms with Crippen LogP contribution in [0.3, 0.4) is 0 Å². The monoisotopic (exact) mass is 373 g/mol. The van der Waals surface area contributed by atoms with E-state index in [1.165, 1.54) is 0 Å². The second-order valence-corrected chi connectivity index (χ2v) is 7.09. The predicted octanol–water partition coefficient (Wildman–Crippen LogP) is 0.513. The predicted molar refractivity (Wildman–Crippen MR) is 100 cm³/mol. The molecule has 2 aliphatic rings. The number of methoxy groups -OCH3 is 1. The van der Waals surface area contributed by atoms with Gasteiger partial charge in [-0.2, -0.15) is 5.26 Å². The van der Waals surface area contributed by atoms with E-state index in [4.69, 9.17) is 20.5 Å². The van der Waals surface area contributed by atoms with Gasteiger partial charge in [0.2, 0.25) is 0 Å². The molecule has 1 aromatic rings. The molecule has 2 N–H and O–H groups in total. The summed E-state index contributed by atoms with van der Waals surface area (Å²) >= 11 is 0. The van der Waals surface area contributed by atoms with E-state index in [1.54, 1.807) is 19.4 Å². The van der Waals surface area contributed by atoms with Crippen molar-refractivity contribution in [2.45, 2.75) is 37.5 Å². The summed E-state index contributed by atoms with van der Waals surface area (Å²) in [6.45, 7) is 3.19. The summed E-state index contributed by atoms with van der Waals surface area (Å²) < 4.78 is 10.7. The minimum atomic E-state index is -0.383. The fourth-order valence-corrected chi connectivity index (χ4v) is 3.74. The number of hydrogen-bond acceptors (Lipinski definition) is 7. The lowest BCUT2D eigenvalue weighted by Crippen LogP contribution is -2.47. The van der Waals surface area contributed by atoms with Crippen LogP contribution in [0.2, 0.25) is 0 Å². The van der Waals surface area contributed by atoms with E-state index in [0.29, 0.717) is 18.8 Å². The maximum Gasteiger partial charge on any atom is 0.252 e. The zero-order valence-corrected chi connectivity index (χ0v) is 15.7. The molecule has 3 rings (SSSR count). The minimum Gasteiger partial charge on any atom is -0.383 e. The number of rotatable bonds is 7. The summed E-state index contributed by atoms with van der Waals surface area (Å²) in [6, 6.07) is 5.79. The first-order valence-electron chi connectivity index (χ1n) is 9.40. The van der Waals surface area contributed by atoms with Gasteiger partial charge < -0.3 is 25.0 Å². The molecule has 8 nitrogen and oxygen atoms in total. The number of anilines is 1. The number of nitriles is 1. The molecule has 8 heteroatoms. The Hall–Kier alpha value is -2.21. The number of likely N-dealkylation sites (tertiary alicyclic amines) is 1. The summed E-state index contributed by atoms with van der Waals surface area (Å²) in [7, 11) is 1.60. The van der Waals surface area contributed by atoms with Crippen molar-refractivity contribution in [3.63, 3.8) is 0 Å². The average Bonchev–Trinajstić information content (AvgIpc) is 3.07. The van der Waals surface area contributed by atoms with Crippen molar-refractivity contribution in [3.05, 3.63) is 23.9 Å². The minimum absolute atomic E-state index is 0.0783. The number of piperidine rings is 1. The van der Waals surface area contributed by atoms with Gasteiger partial charge in [0.15, 0.2) is 0 Å². The Morgan fingerprint density at radius 2 is 2.07 bits per heavy atom. The normalized spacial score (nSPS) is 22.1. The van der Waals surface area contributed by atoms with Gasteiger partial charge >= 0.3 is 0 Å². The third kappa shape index (κ3) is 4.75. The van der Waals surface area contributed by atoms with Crippen LogP contribution >= 0.6 is 0 Å². The molecule has 146 valence electrons. The van der Waals surface area contributed by atoms with Gasteiger partial charge in [-0.1, -0.05) is 0 Å². The van der Waals surface area contributed by atoms with Crippen LogP contribution in [-0.4, -0.2) is 73.9 Å². The summed E-state index contributed by atoms with van der Waals surface area (Å²) in [5.41, 5.74) is 6.43. The maximum atomic E-state index is 12.7. The Labute approximate surface area is 159 Å². The van der Waals surface area contributed by atoms with E-state index in [-0.39, 0.29) is 24.1 Å². The molecule has 0 aromatic carbocycles. The number of aromatic nitrogens is 1. The smallest absolute Gasteiger partial charge is 0.252 e.